The Hall–Kier alpha value is -1.74. The van der Waals surface area contributed by atoms with Crippen molar-refractivity contribution in [2.45, 2.75) is 0 Å². The molecule has 1 aliphatic heterocycles. The van der Waals surface area contributed by atoms with E-state index >= 15 is 0 Å². The highest BCUT2D eigenvalue weighted by molar-refractivity contribution is 14.0. The largest absolute Gasteiger partial charge is 0.378 e. The number of benzene rings is 1. The molecule has 2 aromatic rings. The molecule has 128 valence electrons. The van der Waals surface area contributed by atoms with Crippen molar-refractivity contribution in [3.8, 4) is 0 Å². The first-order chi connectivity index (χ1) is 11.2. The number of aromatic nitrogens is 1. The number of aryl methyl sites for hydroxylation is 1. The third-order valence-corrected chi connectivity index (χ3v) is 3.59. The molecule has 3 rings (SSSR count). The summed E-state index contributed by atoms with van der Waals surface area (Å²) in [5.41, 5.74) is 1.48. The second-order valence-electron chi connectivity index (χ2n) is 5.27. The number of guanidine groups is 1. The molecule has 0 aliphatic carbocycles. The Kier molecular flexibility index (Phi) is 6.92. The maximum absolute atomic E-state index is 13.1. The molecule has 1 aliphatic rings. The fourth-order valence-electron chi connectivity index (χ4n) is 2.29. The summed E-state index contributed by atoms with van der Waals surface area (Å²) < 4.78 is 20.4. The molecule has 0 atom stereocenters. The third kappa shape index (κ3) is 4.88. The minimum absolute atomic E-state index is 0. The number of rotatable bonds is 1. The number of aliphatic imine (C=N–C) groups is 1. The van der Waals surface area contributed by atoms with Crippen LogP contribution in [0.4, 0.5) is 10.1 Å². The average Bonchev–Trinajstić information content (AvgIpc) is 2.59. The molecule has 0 bridgehead atoms. The second-order valence-corrected chi connectivity index (χ2v) is 5.27. The highest BCUT2D eigenvalue weighted by atomic mass is 127. The standard InChI is InChI=1S/C17H19FN4O.HI/c1-21-9-3-2-4-16(21)20-17(22-10-12-23-13-11-22)19-15-7-5-14(18)6-8-15;/h2-9H,10-13H2,1H3;1H. The molecule has 0 amide bonds. The third-order valence-electron chi connectivity index (χ3n) is 3.59. The van der Waals surface area contributed by atoms with Crippen molar-refractivity contribution in [1.82, 2.24) is 9.47 Å². The first-order valence-corrected chi connectivity index (χ1v) is 7.56. The fraction of sp³-hybridized carbons (Fsp3) is 0.294. The zero-order chi connectivity index (χ0) is 16.1. The molecule has 0 spiro atoms. The Morgan fingerprint density at radius 1 is 1.08 bits per heavy atom. The summed E-state index contributed by atoms with van der Waals surface area (Å²) in [7, 11) is 1.94. The van der Waals surface area contributed by atoms with Gasteiger partial charge in [0.05, 0.1) is 18.9 Å². The summed E-state index contributed by atoms with van der Waals surface area (Å²) >= 11 is 0. The molecular weight excluding hydrogens is 422 g/mol. The Morgan fingerprint density at radius 2 is 1.79 bits per heavy atom. The van der Waals surface area contributed by atoms with Gasteiger partial charge in [0.15, 0.2) is 0 Å². The molecule has 1 aromatic heterocycles. The van der Waals surface area contributed by atoms with Crippen molar-refractivity contribution in [2.24, 2.45) is 17.0 Å². The van der Waals surface area contributed by atoms with E-state index in [-0.39, 0.29) is 29.8 Å². The minimum Gasteiger partial charge on any atom is -0.378 e. The molecule has 2 heterocycles. The van der Waals surface area contributed by atoms with Crippen LogP contribution in [0.2, 0.25) is 0 Å². The van der Waals surface area contributed by atoms with Crippen LogP contribution in [-0.2, 0) is 11.8 Å². The lowest BCUT2D eigenvalue weighted by Crippen LogP contribution is -2.41. The maximum atomic E-state index is 13.1. The van der Waals surface area contributed by atoms with Gasteiger partial charge in [0.1, 0.15) is 11.3 Å². The van der Waals surface area contributed by atoms with E-state index in [0.717, 1.165) is 18.6 Å². The van der Waals surface area contributed by atoms with Crippen LogP contribution < -0.4 is 5.49 Å². The van der Waals surface area contributed by atoms with Crippen molar-refractivity contribution in [3.05, 3.63) is 60.0 Å². The fourth-order valence-corrected chi connectivity index (χ4v) is 2.29. The van der Waals surface area contributed by atoms with Gasteiger partial charge in [-0.15, -0.1) is 24.0 Å². The molecule has 0 saturated carbocycles. The summed E-state index contributed by atoms with van der Waals surface area (Å²) in [4.78, 5) is 11.4. The lowest BCUT2D eigenvalue weighted by molar-refractivity contribution is 0.0675. The number of hydrogen-bond donors (Lipinski definition) is 0. The van der Waals surface area contributed by atoms with Crippen molar-refractivity contribution in [2.75, 3.05) is 26.3 Å². The van der Waals surface area contributed by atoms with Crippen molar-refractivity contribution < 1.29 is 9.13 Å². The second kappa shape index (κ2) is 8.93. The molecule has 7 heteroatoms. The lowest BCUT2D eigenvalue weighted by Gasteiger charge is -2.27. The first kappa shape index (κ1) is 18.6. The minimum atomic E-state index is -0.275. The zero-order valence-corrected chi connectivity index (χ0v) is 15.8. The summed E-state index contributed by atoms with van der Waals surface area (Å²) in [5.74, 6) is 0.338. The van der Waals surface area contributed by atoms with Gasteiger partial charge in [0.2, 0.25) is 5.96 Å². The van der Waals surface area contributed by atoms with E-state index in [4.69, 9.17) is 4.74 Å². The molecule has 0 N–H and O–H groups in total. The van der Waals surface area contributed by atoms with Crippen molar-refractivity contribution >= 4 is 35.6 Å². The average molecular weight is 442 g/mol. The number of hydrogen-bond acceptors (Lipinski definition) is 2. The van der Waals surface area contributed by atoms with E-state index in [1.165, 1.54) is 12.1 Å². The molecule has 1 fully saturated rings. The number of pyridine rings is 1. The van der Waals surface area contributed by atoms with E-state index in [0.29, 0.717) is 24.9 Å². The Bertz CT molecular complexity index is 752. The first-order valence-electron chi connectivity index (χ1n) is 7.56. The van der Waals surface area contributed by atoms with Gasteiger partial charge in [-0.3, -0.25) is 0 Å². The van der Waals surface area contributed by atoms with Gasteiger partial charge in [-0.05, 0) is 36.4 Å². The van der Waals surface area contributed by atoms with Gasteiger partial charge in [0.25, 0.3) is 0 Å². The Morgan fingerprint density at radius 3 is 2.46 bits per heavy atom. The molecule has 1 aromatic carbocycles. The monoisotopic (exact) mass is 442 g/mol. The zero-order valence-electron chi connectivity index (χ0n) is 13.4. The molecule has 1 saturated heterocycles. The van der Waals surface area contributed by atoms with Crippen LogP contribution >= 0.6 is 24.0 Å². The summed E-state index contributed by atoms with van der Waals surface area (Å²) in [6, 6.07) is 11.9. The SMILES string of the molecule is Cn1ccccc1=NC(=Nc1ccc(F)cc1)N1CCOCC1.I. The lowest BCUT2D eigenvalue weighted by atomic mass is 10.3. The van der Waals surface area contributed by atoms with Crippen LogP contribution in [0.3, 0.4) is 0 Å². The van der Waals surface area contributed by atoms with Gasteiger partial charge in [-0.2, -0.15) is 4.99 Å². The van der Waals surface area contributed by atoms with E-state index < -0.39 is 0 Å². The summed E-state index contributed by atoms with van der Waals surface area (Å²) in [6.07, 6.45) is 1.94. The highest BCUT2D eigenvalue weighted by Gasteiger charge is 2.15. The van der Waals surface area contributed by atoms with Crippen LogP contribution in [0.15, 0.2) is 58.6 Å². The van der Waals surface area contributed by atoms with Crippen molar-refractivity contribution in [1.29, 1.82) is 0 Å². The molecule has 0 unspecified atom stereocenters. The number of morpholine rings is 1. The number of ether oxygens (including phenoxy) is 1. The molecule has 24 heavy (non-hydrogen) atoms. The topological polar surface area (TPSA) is 42.1 Å². The van der Waals surface area contributed by atoms with Gasteiger partial charge in [0, 0.05) is 26.3 Å². The van der Waals surface area contributed by atoms with Crippen LogP contribution in [0.5, 0.6) is 0 Å². The summed E-state index contributed by atoms with van der Waals surface area (Å²) in [6.45, 7) is 2.78. The summed E-state index contributed by atoms with van der Waals surface area (Å²) in [5, 5.41) is 0. The smallest absolute Gasteiger partial charge is 0.228 e. The van der Waals surface area contributed by atoms with Crippen LogP contribution in [0.25, 0.3) is 0 Å². The van der Waals surface area contributed by atoms with E-state index in [1.807, 2.05) is 36.0 Å². The maximum Gasteiger partial charge on any atom is 0.228 e. The predicted octanol–water partition coefficient (Wildman–Crippen LogP) is 2.70. The van der Waals surface area contributed by atoms with E-state index in [1.54, 1.807) is 12.1 Å². The van der Waals surface area contributed by atoms with Crippen LogP contribution in [-0.4, -0.2) is 41.7 Å². The van der Waals surface area contributed by atoms with Gasteiger partial charge < -0.3 is 14.2 Å². The predicted molar refractivity (Wildman–Crippen MR) is 102 cm³/mol. The van der Waals surface area contributed by atoms with Gasteiger partial charge in [-0.25, -0.2) is 9.38 Å². The van der Waals surface area contributed by atoms with E-state index in [2.05, 4.69) is 14.9 Å². The highest BCUT2D eigenvalue weighted by Crippen LogP contribution is 2.14. The van der Waals surface area contributed by atoms with Gasteiger partial charge >= 0.3 is 0 Å². The molecule has 5 nitrogen and oxygen atoms in total. The Labute approximate surface area is 157 Å². The Balaban J connectivity index is 0.00000208. The van der Waals surface area contributed by atoms with E-state index in [9.17, 15) is 4.39 Å². The van der Waals surface area contributed by atoms with Crippen LogP contribution in [0.1, 0.15) is 0 Å². The molecule has 0 radical (unpaired) electrons. The number of nitrogens with zero attached hydrogens (tertiary/aromatic N) is 4. The quantitative estimate of drug-likeness (QED) is 0.387. The van der Waals surface area contributed by atoms with Crippen molar-refractivity contribution in [3.63, 3.8) is 0 Å². The normalized spacial score (nSPS) is 16.0. The number of halogens is 2. The van der Waals surface area contributed by atoms with Crippen LogP contribution in [0, 0.1) is 5.82 Å². The molecular formula is C17H20FIN4O. The van der Waals surface area contributed by atoms with Gasteiger partial charge in [-0.1, -0.05) is 6.07 Å².